The van der Waals surface area contributed by atoms with Crippen molar-refractivity contribution in [1.82, 2.24) is 28.2 Å². The van der Waals surface area contributed by atoms with E-state index in [1.54, 1.807) is 0 Å². The third kappa shape index (κ3) is 5.56. The molecule has 0 saturated carbocycles. The van der Waals surface area contributed by atoms with E-state index >= 15 is 0 Å². The molecule has 0 saturated heterocycles. The second-order valence-corrected chi connectivity index (χ2v) is 17.8. The molecule has 0 atom stereocenters. The zero-order valence-corrected chi connectivity index (χ0v) is 37.5. The highest BCUT2D eigenvalue weighted by atomic mass is 15.2. The average molecular weight is 897 g/mol. The van der Waals surface area contributed by atoms with Gasteiger partial charge in [-0.25, -0.2) is 9.97 Å². The molecular weight excluding hydrogens is 853 g/mol. The van der Waals surface area contributed by atoms with Crippen LogP contribution in [0.3, 0.4) is 0 Å². The van der Waals surface area contributed by atoms with Crippen molar-refractivity contribution in [3.05, 3.63) is 243 Å². The van der Waals surface area contributed by atoms with E-state index in [2.05, 4.69) is 184 Å². The first-order chi connectivity index (χ1) is 36.4. The highest BCUT2D eigenvalue weighted by Crippen LogP contribution is 2.44. The van der Waals surface area contributed by atoms with E-state index in [-0.39, 0.29) is 24.2 Å². The molecule has 326 valence electrons. The van der Waals surface area contributed by atoms with Crippen LogP contribution in [0, 0.1) is 0 Å². The number of benzene rings is 10. The lowest BCUT2D eigenvalue weighted by Gasteiger charge is -2.20. The molecule has 0 fully saturated rings. The van der Waals surface area contributed by atoms with Gasteiger partial charge < -0.3 is 9.13 Å². The number of para-hydroxylation sites is 8. The lowest BCUT2D eigenvalue weighted by atomic mass is 9.96. The Balaban J connectivity index is 1.12. The van der Waals surface area contributed by atoms with Crippen molar-refractivity contribution in [2.45, 2.75) is 0 Å². The first-order valence-electron chi connectivity index (χ1n) is 25.5. The molecule has 0 spiro atoms. The molecule has 0 aliphatic heterocycles. The van der Waals surface area contributed by atoms with E-state index in [1.165, 1.54) is 0 Å². The molecule has 6 nitrogen and oxygen atoms in total. The predicted octanol–water partition coefficient (Wildman–Crippen LogP) is 16.2. The maximum atomic E-state index is 9.52. The van der Waals surface area contributed by atoms with E-state index in [4.69, 9.17) is 12.7 Å². The maximum absolute atomic E-state index is 9.52. The van der Waals surface area contributed by atoms with Crippen molar-refractivity contribution in [2.24, 2.45) is 0 Å². The molecule has 15 rings (SSSR count). The van der Waals surface area contributed by atoms with Gasteiger partial charge in [-0.1, -0.05) is 170 Å². The van der Waals surface area contributed by atoms with Gasteiger partial charge in [-0.2, -0.15) is 0 Å². The van der Waals surface area contributed by atoms with Crippen LogP contribution in [0.15, 0.2) is 243 Å². The monoisotopic (exact) mass is 896 g/mol. The highest BCUT2D eigenvalue weighted by Gasteiger charge is 2.25. The Kier molecular flexibility index (Phi) is 7.44. The highest BCUT2D eigenvalue weighted by molar-refractivity contribution is 6.13. The molecule has 5 aromatic heterocycles. The van der Waals surface area contributed by atoms with Crippen molar-refractivity contribution in [3.8, 4) is 45.5 Å². The summed E-state index contributed by atoms with van der Waals surface area (Å²) in [5.74, 6) is 1.48. The lowest BCUT2D eigenvalue weighted by Crippen LogP contribution is -2.08. The molecule has 0 bridgehead atoms. The molecule has 0 aliphatic carbocycles. The third-order valence-corrected chi connectivity index (χ3v) is 14.1. The summed E-state index contributed by atoms with van der Waals surface area (Å²) in [5.41, 5.74) is 11.8. The minimum Gasteiger partial charge on any atom is -0.309 e. The van der Waals surface area contributed by atoms with Crippen LogP contribution < -0.4 is 0 Å². The summed E-state index contributed by atoms with van der Waals surface area (Å²) >= 11 is 0. The average Bonchev–Trinajstić information content (AvgIpc) is 4.19. The van der Waals surface area contributed by atoms with Crippen molar-refractivity contribution in [1.29, 1.82) is 0 Å². The molecule has 15 aromatic rings. The number of hydrogen-bond donors (Lipinski definition) is 0. The topological polar surface area (TPSA) is 45.5 Å². The molecule has 70 heavy (non-hydrogen) atoms. The van der Waals surface area contributed by atoms with Gasteiger partial charge in [0.25, 0.3) is 0 Å². The summed E-state index contributed by atoms with van der Waals surface area (Å²) in [6.45, 7) is 0. The summed E-state index contributed by atoms with van der Waals surface area (Å²) < 4.78 is 45.4. The van der Waals surface area contributed by atoms with Crippen molar-refractivity contribution in [3.63, 3.8) is 0 Å². The zero-order valence-electron chi connectivity index (χ0n) is 41.5. The molecule has 5 heterocycles. The fourth-order valence-electron chi connectivity index (χ4n) is 11.2. The predicted molar refractivity (Wildman–Crippen MR) is 290 cm³/mol. The van der Waals surface area contributed by atoms with Crippen LogP contribution >= 0.6 is 0 Å². The fraction of sp³-hybridized carbons (Fsp3) is 0. The summed E-state index contributed by atoms with van der Waals surface area (Å²) in [6.07, 6.45) is 0. The number of rotatable bonds is 6. The molecule has 10 aromatic carbocycles. The van der Waals surface area contributed by atoms with Crippen LogP contribution in [-0.4, -0.2) is 28.2 Å². The van der Waals surface area contributed by atoms with Gasteiger partial charge in [-0.3, -0.25) is 9.13 Å². The van der Waals surface area contributed by atoms with Crippen LogP contribution in [-0.2, 0) is 0 Å². The van der Waals surface area contributed by atoms with Gasteiger partial charge in [-0.15, -0.1) is 0 Å². The summed E-state index contributed by atoms with van der Waals surface area (Å²) in [6, 6.07) is 74.8. The normalized spacial score (nSPS) is 12.8. The first-order valence-corrected chi connectivity index (χ1v) is 23.5. The minimum absolute atomic E-state index is 0.102. The van der Waals surface area contributed by atoms with Crippen LogP contribution in [0.25, 0.3) is 133 Å². The third-order valence-electron chi connectivity index (χ3n) is 14.1. The van der Waals surface area contributed by atoms with E-state index in [9.17, 15) is 2.74 Å². The molecule has 0 aliphatic rings. The minimum atomic E-state index is -0.314. The van der Waals surface area contributed by atoms with E-state index in [0.29, 0.717) is 39.3 Å². The quantitative estimate of drug-likeness (QED) is 0.167. The van der Waals surface area contributed by atoms with E-state index in [0.717, 1.165) is 93.5 Å². The van der Waals surface area contributed by atoms with Crippen LogP contribution in [0.1, 0.15) is 5.48 Å². The SMILES string of the molecule is [2H]c1c([2H])c([2H])c2c(c1[2H])c1ccccc1n2-c1cc(-n2c3ccccc3c3ccccc32)nc(-c2c(-c3ccc4c5ccccc5n(-c5ccccc5)c4c3)cccc2-n2c3ccccc3c3ccccc32)n1. The molecule has 0 amide bonds. The second-order valence-electron chi connectivity index (χ2n) is 17.8. The van der Waals surface area contributed by atoms with Gasteiger partial charge in [0.2, 0.25) is 0 Å². The number of aromatic nitrogens is 6. The molecule has 0 radical (unpaired) electrons. The van der Waals surface area contributed by atoms with Gasteiger partial charge in [0.1, 0.15) is 11.6 Å². The number of nitrogens with zero attached hydrogens (tertiary/aromatic N) is 6. The summed E-state index contributed by atoms with van der Waals surface area (Å²) in [7, 11) is 0. The van der Waals surface area contributed by atoms with E-state index < -0.39 is 0 Å². The van der Waals surface area contributed by atoms with Gasteiger partial charge in [-0.05, 0) is 77.8 Å². The van der Waals surface area contributed by atoms with Crippen LogP contribution in [0.4, 0.5) is 0 Å². The summed E-state index contributed by atoms with van der Waals surface area (Å²) in [5, 5.41) is 7.81. The number of hydrogen-bond acceptors (Lipinski definition) is 2. The van der Waals surface area contributed by atoms with Crippen LogP contribution in [0.5, 0.6) is 0 Å². The lowest BCUT2D eigenvalue weighted by molar-refractivity contribution is 0.991. The zero-order chi connectivity index (χ0) is 49.3. The Morgan fingerprint density at radius 1 is 0.314 bits per heavy atom. The van der Waals surface area contributed by atoms with Crippen molar-refractivity contribution >= 4 is 87.2 Å². The Hall–Kier alpha value is -9.52. The number of fused-ring (bicyclic) bond motifs is 12. The molecular formula is C64H40N6. The Labute approximate surface area is 407 Å². The first kappa shape index (κ1) is 34.7. The van der Waals surface area contributed by atoms with Gasteiger partial charge in [0.15, 0.2) is 5.82 Å². The molecule has 6 heteroatoms. The molecule has 0 N–H and O–H groups in total. The van der Waals surface area contributed by atoms with Crippen molar-refractivity contribution < 1.29 is 5.48 Å². The Bertz CT molecular complexity index is 4740. The van der Waals surface area contributed by atoms with Crippen molar-refractivity contribution in [2.75, 3.05) is 0 Å². The van der Waals surface area contributed by atoms with Gasteiger partial charge >= 0.3 is 0 Å². The Morgan fingerprint density at radius 2 is 0.757 bits per heavy atom. The second kappa shape index (κ2) is 15.0. The smallest absolute Gasteiger partial charge is 0.166 e. The maximum Gasteiger partial charge on any atom is 0.166 e. The fourth-order valence-corrected chi connectivity index (χ4v) is 11.2. The molecule has 0 unspecified atom stereocenters. The summed E-state index contributed by atoms with van der Waals surface area (Å²) in [4.78, 5) is 11.4. The van der Waals surface area contributed by atoms with Crippen LogP contribution in [0.2, 0.25) is 0 Å². The standard InChI is InChI=1S/C64H40N6/c1-2-19-42(20-3-1)67-52-29-11-4-27-50(52)51-38-37-41(39-60(51)67)43-28-18-36-59(68-53-30-12-5-21-44(53)45-22-6-13-31-54(45)68)63(43)64-65-61(69-55-32-14-7-23-46(55)47-24-8-15-33-56(47)69)40-62(66-64)70-57-34-16-9-25-48(57)49-26-10-17-35-58(49)70/h1-40H/i7D,14D,23D,32D. The van der Waals surface area contributed by atoms with Gasteiger partial charge in [0, 0.05) is 54.8 Å². The Morgan fingerprint density at radius 3 is 1.31 bits per heavy atom. The van der Waals surface area contributed by atoms with Gasteiger partial charge in [0.05, 0.1) is 60.9 Å². The van der Waals surface area contributed by atoms with E-state index in [1.807, 2.05) is 53.1 Å². The largest absolute Gasteiger partial charge is 0.309 e.